The summed E-state index contributed by atoms with van der Waals surface area (Å²) >= 11 is 0. The van der Waals surface area contributed by atoms with E-state index in [4.69, 9.17) is 4.74 Å². The van der Waals surface area contributed by atoms with E-state index in [9.17, 15) is 13.2 Å². The average molecular weight is 375 g/mol. The number of nitrogens with one attached hydrogen (secondary N) is 1. The number of carbonyl (C=O) groups is 1. The predicted octanol–water partition coefficient (Wildman–Crippen LogP) is 3.63. The molecule has 1 fully saturated rings. The second-order valence-electron chi connectivity index (χ2n) is 6.95. The zero-order chi connectivity index (χ0) is 18.6. The molecule has 26 heavy (non-hydrogen) atoms. The third-order valence-electron chi connectivity index (χ3n) is 5.11. The zero-order valence-electron chi connectivity index (χ0n) is 15.0. The molecule has 3 rings (SSSR count). The van der Waals surface area contributed by atoms with Crippen molar-refractivity contribution in [3.63, 3.8) is 0 Å². The highest BCUT2D eigenvalue weighted by atomic mass is 32.2. The summed E-state index contributed by atoms with van der Waals surface area (Å²) < 4.78 is 33.1. The SMILES string of the molecule is COC(=O)C(CC1CCCCC1)NS(=O)(=O)c1ccc2ccccc2c1. The van der Waals surface area contributed by atoms with E-state index >= 15 is 0 Å². The number of methoxy groups -OCH3 is 1. The first-order chi connectivity index (χ1) is 12.5. The number of hydrogen-bond donors (Lipinski definition) is 1. The number of sulfonamides is 1. The molecule has 1 unspecified atom stereocenters. The number of ether oxygens (including phenoxy) is 1. The third kappa shape index (κ3) is 4.43. The Morgan fingerprint density at radius 3 is 2.50 bits per heavy atom. The fourth-order valence-electron chi connectivity index (χ4n) is 3.68. The molecule has 1 atom stereocenters. The van der Waals surface area contributed by atoms with Crippen molar-refractivity contribution in [3.05, 3.63) is 42.5 Å². The molecule has 0 saturated heterocycles. The largest absolute Gasteiger partial charge is 0.468 e. The Morgan fingerprint density at radius 2 is 1.81 bits per heavy atom. The van der Waals surface area contributed by atoms with Gasteiger partial charge in [0.15, 0.2) is 0 Å². The summed E-state index contributed by atoms with van der Waals surface area (Å²) in [7, 11) is -2.52. The lowest BCUT2D eigenvalue weighted by Crippen LogP contribution is -2.42. The summed E-state index contributed by atoms with van der Waals surface area (Å²) in [4.78, 5) is 12.3. The van der Waals surface area contributed by atoms with Gasteiger partial charge in [0, 0.05) is 0 Å². The molecule has 1 aliphatic rings. The van der Waals surface area contributed by atoms with Crippen LogP contribution in [0.5, 0.6) is 0 Å². The highest BCUT2D eigenvalue weighted by Gasteiger charge is 2.29. The van der Waals surface area contributed by atoms with Crippen molar-refractivity contribution in [1.82, 2.24) is 4.72 Å². The van der Waals surface area contributed by atoms with Crippen molar-refractivity contribution in [1.29, 1.82) is 0 Å². The van der Waals surface area contributed by atoms with Crippen LogP contribution in [-0.4, -0.2) is 27.5 Å². The Bertz CT molecular complexity index is 872. The minimum Gasteiger partial charge on any atom is -0.468 e. The first-order valence-corrected chi connectivity index (χ1v) is 10.6. The van der Waals surface area contributed by atoms with E-state index in [0.29, 0.717) is 12.3 Å². The van der Waals surface area contributed by atoms with Gasteiger partial charge < -0.3 is 4.74 Å². The molecule has 1 saturated carbocycles. The average Bonchev–Trinajstić information content (AvgIpc) is 2.67. The van der Waals surface area contributed by atoms with Gasteiger partial charge in [0.05, 0.1) is 12.0 Å². The molecular formula is C20H25NO4S. The third-order valence-corrected chi connectivity index (χ3v) is 6.58. The maximum Gasteiger partial charge on any atom is 0.323 e. The normalized spacial score (nSPS) is 17.1. The lowest BCUT2D eigenvalue weighted by molar-refractivity contribution is -0.143. The van der Waals surface area contributed by atoms with E-state index in [2.05, 4.69) is 4.72 Å². The van der Waals surface area contributed by atoms with E-state index in [1.54, 1.807) is 18.2 Å². The lowest BCUT2D eigenvalue weighted by Gasteiger charge is -2.25. The molecule has 140 valence electrons. The maximum absolute atomic E-state index is 12.8. The van der Waals surface area contributed by atoms with Gasteiger partial charge in [-0.2, -0.15) is 4.72 Å². The minimum absolute atomic E-state index is 0.161. The Kier molecular flexibility index (Phi) is 5.94. The summed E-state index contributed by atoms with van der Waals surface area (Å²) in [6.07, 6.45) is 6.03. The van der Waals surface area contributed by atoms with Gasteiger partial charge >= 0.3 is 5.97 Å². The maximum atomic E-state index is 12.8. The van der Waals surface area contributed by atoms with Crippen LogP contribution >= 0.6 is 0 Å². The van der Waals surface area contributed by atoms with Gasteiger partial charge in [-0.15, -0.1) is 0 Å². The fourth-order valence-corrected chi connectivity index (χ4v) is 4.91. The van der Waals surface area contributed by atoms with Crippen LogP contribution in [0.2, 0.25) is 0 Å². The molecule has 5 nitrogen and oxygen atoms in total. The molecule has 0 aromatic heterocycles. The predicted molar refractivity (Wildman–Crippen MR) is 101 cm³/mol. The molecule has 2 aromatic carbocycles. The van der Waals surface area contributed by atoms with E-state index in [1.165, 1.54) is 13.5 Å². The number of fused-ring (bicyclic) bond motifs is 1. The monoisotopic (exact) mass is 375 g/mol. The van der Waals surface area contributed by atoms with Crippen molar-refractivity contribution in [2.24, 2.45) is 5.92 Å². The topological polar surface area (TPSA) is 72.5 Å². The van der Waals surface area contributed by atoms with Crippen LogP contribution in [0.3, 0.4) is 0 Å². The molecule has 2 aromatic rings. The Balaban J connectivity index is 1.81. The zero-order valence-corrected chi connectivity index (χ0v) is 15.8. The van der Waals surface area contributed by atoms with Gasteiger partial charge in [0.25, 0.3) is 0 Å². The van der Waals surface area contributed by atoms with Crippen LogP contribution in [0, 0.1) is 5.92 Å². The minimum atomic E-state index is -3.81. The smallest absolute Gasteiger partial charge is 0.323 e. The Hall–Kier alpha value is -1.92. The van der Waals surface area contributed by atoms with Crippen LogP contribution in [0.15, 0.2) is 47.4 Å². The number of carbonyl (C=O) groups excluding carboxylic acids is 1. The second kappa shape index (κ2) is 8.18. The van der Waals surface area contributed by atoms with Crippen LogP contribution in [-0.2, 0) is 19.6 Å². The van der Waals surface area contributed by atoms with Gasteiger partial charge in [-0.25, -0.2) is 8.42 Å². The van der Waals surface area contributed by atoms with Gasteiger partial charge in [0.1, 0.15) is 6.04 Å². The first kappa shape index (κ1) is 18.9. The highest BCUT2D eigenvalue weighted by molar-refractivity contribution is 7.89. The summed E-state index contributed by atoms with van der Waals surface area (Å²) in [6.45, 7) is 0. The van der Waals surface area contributed by atoms with Gasteiger partial charge in [-0.3, -0.25) is 4.79 Å². The van der Waals surface area contributed by atoms with E-state index in [-0.39, 0.29) is 4.90 Å². The summed E-state index contributed by atoms with van der Waals surface area (Å²) in [5, 5.41) is 1.82. The van der Waals surface area contributed by atoms with Crippen LogP contribution < -0.4 is 4.72 Å². The number of esters is 1. The van der Waals surface area contributed by atoms with E-state index in [0.717, 1.165) is 36.5 Å². The summed E-state index contributed by atoms with van der Waals surface area (Å²) in [5.41, 5.74) is 0. The van der Waals surface area contributed by atoms with E-state index < -0.39 is 22.0 Å². The van der Waals surface area contributed by atoms with Crippen molar-refractivity contribution < 1.29 is 17.9 Å². The molecule has 0 amide bonds. The molecule has 0 heterocycles. The molecule has 1 aliphatic carbocycles. The van der Waals surface area contributed by atoms with Crippen molar-refractivity contribution >= 4 is 26.8 Å². The molecule has 0 bridgehead atoms. The van der Waals surface area contributed by atoms with Crippen molar-refractivity contribution in [2.45, 2.75) is 49.5 Å². The van der Waals surface area contributed by atoms with Crippen molar-refractivity contribution in [3.8, 4) is 0 Å². The first-order valence-electron chi connectivity index (χ1n) is 9.08. The molecule has 0 radical (unpaired) electrons. The molecule has 0 spiro atoms. The molecular weight excluding hydrogens is 350 g/mol. The number of benzene rings is 2. The molecule has 6 heteroatoms. The van der Waals surface area contributed by atoms with Gasteiger partial charge in [-0.05, 0) is 35.2 Å². The Morgan fingerprint density at radius 1 is 1.12 bits per heavy atom. The molecule has 1 N–H and O–H groups in total. The quantitative estimate of drug-likeness (QED) is 0.783. The number of hydrogen-bond acceptors (Lipinski definition) is 4. The van der Waals surface area contributed by atoms with Gasteiger partial charge in [-0.1, -0.05) is 62.4 Å². The van der Waals surface area contributed by atoms with Crippen molar-refractivity contribution in [2.75, 3.05) is 7.11 Å². The molecule has 0 aliphatic heterocycles. The van der Waals surface area contributed by atoms with Crippen LogP contribution in [0.1, 0.15) is 38.5 Å². The lowest BCUT2D eigenvalue weighted by atomic mass is 9.85. The fraction of sp³-hybridized carbons (Fsp3) is 0.450. The summed E-state index contributed by atoms with van der Waals surface area (Å²) in [5.74, 6) is -0.174. The highest BCUT2D eigenvalue weighted by Crippen LogP contribution is 2.28. The number of rotatable bonds is 6. The Labute approximate surface area is 154 Å². The second-order valence-corrected chi connectivity index (χ2v) is 8.66. The van der Waals surface area contributed by atoms with Crippen LogP contribution in [0.25, 0.3) is 10.8 Å². The standard InChI is InChI=1S/C20H25NO4S/c1-25-20(22)19(13-15-7-3-2-4-8-15)21-26(23,24)18-12-11-16-9-5-6-10-17(16)14-18/h5-6,9-12,14-15,19,21H,2-4,7-8,13H2,1H3. The summed E-state index contributed by atoms with van der Waals surface area (Å²) in [6, 6.07) is 11.7. The van der Waals surface area contributed by atoms with Gasteiger partial charge in [0.2, 0.25) is 10.0 Å². The van der Waals surface area contributed by atoms with E-state index in [1.807, 2.05) is 24.3 Å². The van der Waals surface area contributed by atoms with Crippen LogP contribution in [0.4, 0.5) is 0 Å².